The van der Waals surface area contributed by atoms with Crippen molar-refractivity contribution in [2.45, 2.75) is 19.3 Å². The number of hydrogen-bond donors (Lipinski definition) is 1. The van der Waals surface area contributed by atoms with Crippen molar-refractivity contribution in [1.29, 1.82) is 0 Å². The Morgan fingerprint density at radius 1 is 1.26 bits per heavy atom. The zero-order valence-corrected chi connectivity index (χ0v) is 11.7. The molecule has 2 heterocycles. The lowest BCUT2D eigenvalue weighted by atomic mass is 10.2. The van der Waals surface area contributed by atoms with E-state index in [0.29, 0.717) is 10.2 Å². The summed E-state index contributed by atoms with van der Waals surface area (Å²) in [7, 11) is 0. The van der Waals surface area contributed by atoms with E-state index in [1.807, 2.05) is 17.5 Å². The van der Waals surface area contributed by atoms with Gasteiger partial charge in [-0.05, 0) is 25.0 Å². The van der Waals surface area contributed by atoms with E-state index in [1.54, 1.807) is 6.07 Å². The average Bonchev–Trinajstić information content (AvgIpc) is 2.95. The maximum Gasteiger partial charge on any atom is 0.195 e. The second kappa shape index (κ2) is 5.19. The zero-order valence-electron chi connectivity index (χ0n) is 10.1. The lowest BCUT2D eigenvalue weighted by Gasteiger charge is -1.94. The van der Waals surface area contributed by atoms with Crippen molar-refractivity contribution in [2.24, 2.45) is 0 Å². The summed E-state index contributed by atoms with van der Waals surface area (Å²) in [4.78, 5) is 8.65. The molecule has 0 aliphatic carbocycles. The predicted octanol–water partition coefficient (Wildman–Crippen LogP) is 3.70. The third kappa shape index (κ3) is 2.88. The number of halogens is 1. The summed E-state index contributed by atoms with van der Waals surface area (Å²) >= 11 is 7.38. The highest BCUT2D eigenvalue weighted by Gasteiger charge is 2.07. The van der Waals surface area contributed by atoms with Gasteiger partial charge < -0.3 is 10.2 Å². The number of nitrogens with zero attached hydrogens (tertiary/aromatic N) is 2. The fourth-order valence-corrected chi connectivity index (χ4v) is 2.67. The van der Waals surface area contributed by atoms with Crippen LogP contribution in [0.4, 0.5) is 5.13 Å². The Labute approximate surface area is 119 Å². The largest absolute Gasteiger partial charge is 0.441 e. The van der Waals surface area contributed by atoms with Crippen LogP contribution in [0.1, 0.15) is 18.0 Å². The number of oxazole rings is 1. The smallest absolute Gasteiger partial charge is 0.195 e. The van der Waals surface area contributed by atoms with Crippen molar-refractivity contribution in [3.8, 4) is 0 Å². The van der Waals surface area contributed by atoms with Crippen molar-refractivity contribution in [3.05, 3.63) is 40.2 Å². The van der Waals surface area contributed by atoms with Crippen molar-refractivity contribution < 1.29 is 4.42 Å². The monoisotopic (exact) mass is 293 g/mol. The quantitative estimate of drug-likeness (QED) is 0.796. The molecule has 2 aromatic heterocycles. The number of aromatic nitrogens is 2. The van der Waals surface area contributed by atoms with E-state index >= 15 is 0 Å². The van der Waals surface area contributed by atoms with Gasteiger partial charge in [0.25, 0.3) is 0 Å². The van der Waals surface area contributed by atoms with Crippen molar-refractivity contribution in [2.75, 3.05) is 5.73 Å². The molecule has 0 aliphatic rings. The molecule has 1 aromatic carbocycles. The normalized spacial score (nSPS) is 11.2. The fraction of sp³-hybridized carbons (Fsp3) is 0.231. The van der Waals surface area contributed by atoms with Gasteiger partial charge in [-0.2, -0.15) is 0 Å². The molecule has 4 nitrogen and oxygen atoms in total. The van der Waals surface area contributed by atoms with E-state index in [9.17, 15) is 0 Å². The summed E-state index contributed by atoms with van der Waals surface area (Å²) in [6.45, 7) is 0. The Bertz CT molecular complexity index is 707. The second-order valence-corrected chi connectivity index (χ2v) is 5.58. The summed E-state index contributed by atoms with van der Waals surface area (Å²) in [6.07, 6.45) is 2.60. The van der Waals surface area contributed by atoms with Gasteiger partial charge >= 0.3 is 0 Å². The molecular weight excluding hydrogens is 282 g/mol. The van der Waals surface area contributed by atoms with Crippen LogP contribution in [-0.4, -0.2) is 9.97 Å². The molecule has 6 heteroatoms. The number of nitrogen functional groups attached to an aromatic ring is 1. The predicted molar refractivity (Wildman–Crippen MR) is 77.6 cm³/mol. The first kappa shape index (κ1) is 12.4. The molecule has 0 saturated heterocycles. The first-order valence-corrected chi connectivity index (χ1v) is 7.21. The second-order valence-electron chi connectivity index (χ2n) is 4.25. The van der Waals surface area contributed by atoms with Crippen LogP contribution in [0, 0.1) is 0 Å². The van der Waals surface area contributed by atoms with Crippen LogP contribution in [0.15, 0.2) is 28.0 Å². The number of anilines is 1. The minimum Gasteiger partial charge on any atom is -0.441 e. The topological polar surface area (TPSA) is 64.9 Å². The fourth-order valence-electron chi connectivity index (χ4n) is 1.91. The maximum atomic E-state index is 5.91. The summed E-state index contributed by atoms with van der Waals surface area (Å²) in [5, 5.41) is 3.26. The van der Waals surface area contributed by atoms with E-state index in [1.165, 1.54) is 11.3 Å². The number of nitrogens with two attached hydrogens (primary N) is 1. The van der Waals surface area contributed by atoms with Crippen molar-refractivity contribution >= 4 is 39.2 Å². The molecule has 2 N–H and O–H groups in total. The van der Waals surface area contributed by atoms with Gasteiger partial charge in [-0.25, -0.2) is 9.97 Å². The molecule has 0 atom stereocenters. The Morgan fingerprint density at radius 2 is 2.16 bits per heavy atom. The molecule has 0 aliphatic heterocycles. The van der Waals surface area contributed by atoms with E-state index in [-0.39, 0.29) is 0 Å². The van der Waals surface area contributed by atoms with Crippen LogP contribution in [0.25, 0.3) is 11.1 Å². The van der Waals surface area contributed by atoms with Crippen LogP contribution in [0.3, 0.4) is 0 Å². The number of fused-ring (bicyclic) bond motifs is 1. The highest BCUT2D eigenvalue weighted by molar-refractivity contribution is 7.13. The van der Waals surface area contributed by atoms with Crippen molar-refractivity contribution in [1.82, 2.24) is 9.97 Å². The Balaban J connectivity index is 1.65. The van der Waals surface area contributed by atoms with Gasteiger partial charge in [-0.3, -0.25) is 0 Å². The van der Waals surface area contributed by atoms with Crippen LogP contribution in [-0.2, 0) is 12.8 Å². The molecule has 0 unspecified atom stereocenters. The summed E-state index contributed by atoms with van der Waals surface area (Å²) in [5.74, 6) is 0.737. The summed E-state index contributed by atoms with van der Waals surface area (Å²) in [6, 6.07) is 5.47. The minimum atomic E-state index is 0.617. The number of thiazole rings is 1. The first-order valence-electron chi connectivity index (χ1n) is 5.95. The number of aryl methyl sites for hydroxylation is 2. The number of benzene rings is 1. The number of rotatable bonds is 4. The van der Waals surface area contributed by atoms with Gasteiger partial charge in [-0.15, -0.1) is 11.3 Å². The average molecular weight is 294 g/mol. The molecule has 98 valence electrons. The Kier molecular flexibility index (Phi) is 3.40. The Hall–Kier alpha value is -1.59. The number of hydrogen-bond acceptors (Lipinski definition) is 5. The standard InChI is InChI=1S/C13H12ClN3OS/c14-8-4-5-10-11(6-8)18-12(17-10)3-1-2-9-7-19-13(15)16-9/h4-7H,1-3H2,(H2,15,16). The highest BCUT2D eigenvalue weighted by atomic mass is 35.5. The molecule has 0 bridgehead atoms. The van der Waals surface area contributed by atoms with E-state index < -0.39 is 0 Å². The lowest BCUT2D eigenvalue weighted by molar-refractivity contribution is 0.519. The molecular formula is C13H12ClN3OS. The van der Waals surface area contributed by atoms with Gasteiger partial charge in [0.05, 0.1) is 5.69 Å². The molecule has 3 rings (SSSR count). The van der Waals surface area contributed by atoms with Crippen LogP contribution >= 0.6 is 22.9 Å². The highest BCUT2D eigenvalue weighted by Crippen LogP contribution is 2.21. The van der Waals surface area contributed by atoms with Gasteiger partial charge in [0, 0.05) is 22.9 Å². The van der Waals surface area contributed by atoms with Gasteiger partial charge in [0.15, 0.2) is 16.6 Å². The van der Waals surface area contributed by atoms with Crippen LogP contribution in [0.2, 0.25) is 5.02 Å². The molecule has 0 fully saturated rings. The summed E-state index contributed by atoms with van der Waals surface area (Å²) < 4.78 is 5.65. The third-order valence-electron chi connectivity index (χ3n) is 2.79. The summed E-state index contributed by atoms with van der Waals surface area (Å²) in [5.41, 5.74) is 8.20. The van der Waals surface area contributed by atoms with Gasteiger partial charge in [-0.1, -0.05) is 11.6 Å². The first-order chi connectivity index (χ1) is 9.20. The molecule has 19 heavy (non-hydrogen) atoms. The molecule has 0 spiro atoms. The molecule has 0 saturated carbocycles. The lowest BCUT2D eigenvalue weighted by Crippen LogP contribution is -1.91. The third-order valence-corrected chi connectivity index (χ3v) is 3.75. The molecule has 0 amide bonds. The SMILES string of the molecule is Nc1nc(CCCc2nc3ccc(Cl)cc3o2)cs1. The maximum absolute atomic E-state index is 5.91. The van der Waals surface area contributed by atoms with E-state index in [0.717, 1.165) is 41.9 Å². The van der Waals surface area contributed by atoms with E-state index in [4.69, 9.17) is 21.8 Å². The molecule has 3 aromatic rings. The van der Waals surface area contributed by atoms with Gasteiger partial charge in [0.2, 0.25) is 0 Å². The van der Waals surface area contributed by atoms with E-state index in [2.05, 4.69) is 9.97 Å². The minimum absolute atomic E-state index is 0.617. The van der Waals surface area contributed by atoms with Gasteiger partial charge in [0.1, 0.15) is 5.52 Å². The zero-order chi connectivity index (χ0) is 13.2. The van der Waals surface area contributed by atoms with Crippen molar-refractivity contribution in [3.63, 3.8) is 0 Å². The van der Waals surface area contributed by atoms with Crippen LogP contribution < -0.4 is 5.73 Å². The van der Waals surface area contributed by atoms with Crippen LogP contribution in [0.5, 0.6) is 0 Å². The Morgan fingerprint density at radius 3 is 2.95 bits per heavy atom. The molecule has 0 radical (unpaired) electrons.